The zero-order valence-electron chi connectivity index (χ0n) is 32.4. The molecule has 2 aromatic rings. The Bertz CT molecular complexity index is 1690. The van der Waals surface area contributed by atoms with Crippen LogP contribution < -0.4 is 10.6 Å². The average molecular weight is 746 g/mol. The van der Waals surface area contributed by atoms with E-state index in [-0.39, 0.29) is 0 Å². The van der Waals surface area contributed by atoms with Crippen molar-refractivity contribution in [3.05, 3.63) is 96.3 Å². The average Bonchev–Trinajstić information content (AvgIpc) is 3.64. The number of allylic oxidation sites excluding steroid dienone is 5. The summed E-state index contributed by atoms with van der Waals surface area (Å²) in [5, 5.41) is 9.21. The zero-order valence-corrected chi connectivity index (χ0v) is 34.8. The molecule has 5 heteroatoms. The molecule has 2 N–H and O–H groups in total. The van der Waals surface area contributed by atoms with Gasteiger partial charge in [0.25, 0.3) is 0 Å². The lowest BCUT2D eigenvalue weighted by Gasteiger charge is -2.53. The van der Waals surface area contributed by atoms with Crippen molar-refractivity contribution in [3.8, 4) is 0 Å². The molecule has 4 fully saturated rings. The Labute approximate surface area is 320 Å². The van der Waals surface area contributed by atoms with Crippen molar-refractivity contribution in [1.82, 2.24) is 10.6 Å². The standard InChI is InChI=1S/C46H63Cl2N2P/c1-30-24-32(3)40(33(4)25-30)41-43(45-49-22-23-50-45)46(28-39(47)44(41)48,42-34(5)26-31(2)27-35(42)6)29-51(36-16-10-7-11-17-36,37-18-12-8-13-19-37)38-20-14-9-15-21-38/h24-29,36-38,49-50H,7-23H2,1-6H3. The lowest BCUT2D eigenvalue weighted by Crippen LogP contribution is -2.41. The van der Waals surface area contributed by atoms with Gasteiger partial charge < -0.3 is 10.6 Å². The Morgan fingerprint density at radius 1 is 0.608 bits per heavy atom. The summed E-state index contributed by atoms with van der Waals surface area (Å²) in [6, 6.07) is 9.53. The largest absolute Gasteiger partial charge is 0.370 e. The summed E-state index contributed by atoms with van der Waals surface area (Å²) < 4.78 is 0. The predicted octanol–water partition coefficient (Wildman–Crippen LogP) is 12.8. The van der Waals surface area contributed by atoms with Gasteiger partial charge in [0, 0.05) is 24.2 Å². The molecular weight excluding hydrogens is 682 g/mol. The minimum atomic E-state index is -1.73. The van der Waals surface area contributed by atoms with Gasteiger partial charge in [-0.1, -0.05) is 129 Å². The fourth-order valence-corrected chi connectivity index (χ4v) is 19.6. The minimum absolute atomic E-state index is 0.532. The first-order valence-corrected chi connectivity index (χ1v) is 23.3. The molecule has 276 valence electrons. The molecule has 0 aromatic heterocycles. The third kappa shape index (κ3) is 6.87. The number of nitrogens with one attached hydrogen (secondary N) is 2. The van der Waals surface area contributed by atoms with Crippen molar-refractivity contribution >= 4 is 41.5 Å². The number of halogens is 2. The van der Waals surface area contributed by atoms with Gasteiger partial charge >= 0.3 is 0 Å². The van der Waals surface area contributed by atoms with E-state index in [1.807, 2.05) is 0 Å². The molecule has 1 aliphatic heterocycles. The predicted molar refractivity (Wildman–Crippen MR) is 226 cm³/mol. The first-order chi connectivity index (χ1) is 24.6. The number of rotatable bonds is 6. The number of hydrogen-bond acceptors (Lipinski definition) is 2. The number of hydrogen-bond donors (Lipinski definition) is 2. The summed E-state index contributed by atoms with van der Waals surface area (Å²) in [6.07, 6.45) is 23.4. The first-order valence-electron chi connectivity index (χ1n) is 20.5. The molecule has 5 aliphatic rings. The summed E-state index contributed by atoms with van der Waals surface area (Å²) in [7, 11) is 0. The third-order valence-electron chi connectivity index (χ3n) is 13.5. The fourth-order valence-electron chi connectivity index (χ4n) is 11.9. The molecule has 0 radical (unpaired) electrons. The highest BCUT2D eigenvalue weighted by Crippen LogP contribution is 2.71. The zero-order chi connectivity index (χ0) is 35.9. The van der Waals surface area contributed by atoms with Crippen LogP contribution in [0.3, 0.4) is 0 Å². The Hall–Kier alpha value is -1.86. The van der Waals surface area contributed by atoms with Gasteiger partial charge in [0.05, 0.1) is 15.5 Å². The Morgan fingerprint density at radius 2 is 1.02 bits per heavy atom. The van der Waals surface area contributed by atoms with E-state index in [1.165, 1.54) is 146 Å². The number of benzene rings is 2. The van der Waals surface area contributed by atoms with Crippen LogP contribution in [0.2, 0.25) is 0 Å². The van der Waals surface area contributed by atoms with E-state index >= 15 is 0 Å². The lowest BCUT2D eigenvalue weighted by atomic mass is 9.65. The summed E-state index contributed by atoms with van der Waals surface area (Å²) >= 11 is 15.3. The molecule has 0 amide bonds. The smallest absolute Gasteiger partial charge is 0.104 e. The van der Waals surface area contributed by atoms with E-state index in [1.54, 1.807) is 0 Å². The van der Waals surface area contributed by atoms with Crippen molar-refractivity contribution in [2.75, 3.05) is 13.1 Å². The van der Waals surface area contributed by atoms with Gasteiger partial charge in [-0.05, 0) is 137 Å². The molecule has 1 heterocycles. The number of aryl methyl sites for hydroxylation is 6. The molecule has 51 heavy (non-hydrogen) atoms. The van der Waals surface area contributed by atoms with E-state index in [0.29, 0.717) is 10.1 Å². The van der Waals surface area contributed by atoms with E-state index in [2.05, 4.69) is 88.3 Å². The lowest BCUT2D eigenvalue weighted by molar-refractivity contribution is 0.458. The summed E-state index contributed by atoms with van der Waals surface area (Å²) in [4.78, 5) is 0. The SMILES string of the molecule is Cc1cc(C)c(C2=C(Cl)C(Cl)=CC(C=P(C3CCCCC3)(C3CCCCC3)C3CCCCC3)(c3c(C)cc(C)cc3C)C2=C2NCCN2)c(C)c1. The van der Waals surface area contributed by atoms with Gasteiger partial charge in [-0.2, -0.15) is 0 Å². The second-order valence-corrected chi connectivity index (χ2v) is 22.1. The van der Waals surface area contributed by atoms with Crippen molar-refractivity contribution < 1.29 is 0 Å². The normalized spacial score (nSPS) is 24.4. The topological polar surface area (TPSA) is 24.1 Å². The van der Waals surface area contributed by atoms with Crippen LogP contribution in [0.15, 0.2) is 51.8 Å². The first kappa shape index (κ1) is 37.5. The van der Waals surface area contributed by atoms with Crippen LogP contribution in [0.25, 0.3) is 5.57 Å². The maximum absolute atomic E-state index is 7.68. The maximum Gasteiger partial charge on any atom is 0.104 e. The second-order valence-electron chi connectivity index (χ2n) is 17.1. The van der Waals surface area contributed by atoms with Crippen molar-refractivity contribution in [1.29, 1.82) is 0 Å². The van der Waals surface area contributed by atoms with Gasteiger partial charge in [-0.25, -0.2) is 0 Å². The van der Waals surface area contributed by atoms with E-state index in [9.17, 15) is 0 Å². The molecule has 2 nitrogen and oxygen atoms in total. The molecule has 0 bridgehead atoms. The maximum atomic E-state index is 7.68. The summed E-state index contributed by atoms with van der Waals surface area (Å²) in [5.74, 6) is 4.29. The summed E-state index contributed by atoms with van der Waals surface area (Å²) in [6.45, 7) is 13.8. The van der Waals surface area contributed by atoms with Crippen LogP contribution in [-0.4, -0.2) is 35.9 Å². The van der Waals surface area contributed by atoms with Gasteiger partial charge in [0.15, 0.2) is 0 Å². The highest BCUT2D eigenvalue weighted by molar-refractivity contribution is 7.77. The molecule has 7 rings (SSSR count). The van der Waals surface area contributed by atoms with E-state index in [4.69, 9.17) is 23.2 Å². The molecule has 4 aliphatic carbocycles. The third-order valence-corrected chi connectivity index (χ3v) is 20.5. The minimum Gasteiger partial charge on any atom is -0.370 e. The molecule has 1 atom stereocenters. The van der Waals surface area contributed by atoms with Crippen LogP contribution in [0.4, 0.5) is 0 Å². The van der Waals surface area contributed by atoms with Crippen LogP contribution in [0, 0.1) is 41.5 Å². The van der Waals surface area contributed by atoms with Gasteiger partial charge in [0.1, 0.15) is 5.82 Å². The van der Waals surface area contributed by atoms with Crippen LogP contribution in [0.5, 0.6) is 0 Å². The Balaban J connectivity index is 1.68. The van der Waals surface area contributed by atoms with Gasteiger partial charge in [-0.3, -0.25) is 0 Å². The van der Waals surface area contributed by atoms with Crippen molar-refractivity contribution in [3.63, 3.8) is 0 Å². The monoisotopic (exact) mass is 744 g/mol. The van der Waals surface area contributed by atoms with E-state index < -0.39 is 12.3 Å². The Morgan fingerprint density at radius 3 is 1.45 bits per heavy atom. The Kier molecular flexibility index (Phi) is 11.4. The second kappa shape index (κ2) is 15.5. The van der Waals surface area contributed by atoms with Crippen LogP contribution in [-0.2, 0) is 5.41 Å². The molecule has 0 spiro atoms. The quantitative estimate of drug-likeness (QED) is 0.288. The van der Waals surface area contributed by atoms with Crippen LogP contribution in [0.1, 0.15) is 141 Å². The molecule has 1 saturated heterocycles. The van der Waals surface area contributed by atoms with Crippen molar-refractivity contribution in [2.24, 2.45) is 0 Å². The fraction of sp³-hybridized carbons (Fsp3) is 0.587. The molecule has 1 unspecified atom stereocenters. The van der Waals surface area contributed by atoms with E-state index in [0.717, 1.165) is 41.5 Å². The van der Waals surface area contributed by atoms with Gasteiger partial charge in [-0.15, -0.1) is 0 Å². The van der Waals surface area contributed by atoms with Crippen molar-refractivity contribution in [2.45, 2.75) is 160 Å². The summed E-state index contributed by atoms with van der Waals surface area (Å²) in [5.41, 5.74) is 14.9. The highest BCUT2D eigenvalue weighted by Gasteiger charge is 2.50. The molecule has 3 saturated carbocycles. The molecular formula is C46H63Cl2N2P. The van der Waals surface area contributed by atoms with Gasteiger partial charge in [0.2, 0.25) is 0 Å². The van der Waals surface area contributed by atoms with Crippen LogP contribution >= 0.6 is 30.1 Å². The highest BCUT2D eigenvalue weighted by atomic mass is 35.5. The molecule has 2 aromatic carbocycles.